The Labute approximate surface area is 112 Å². The van der Waals surface area contributed by atoms with E-state index in [1.807, 2.05) is 0 Å². The number of aromatic nitrogens is 2. The first-order valence-corrected chi connectivity index (χ1v) is 5.91. The highest BCUT2D eigenvalue weighted by Gasteiger charge is 2.08. The first kappa shape index (κ1) is 12.2. The smallest absolute Gasteiger partial charge is 0.335 e. The van der Waals surface area contributed by atoms with Gasteiger partial charge >= 0.3 is 11.5 Å². The Balaban J connectivity index is 1.94. The zero-order chi connectivity index (χ0) is 14.1. The molecule has 100 valence electrons. The van der Waals surface area contributed by atoms with Gasteiger partial charge in [-0.15, -0.1) is 0 Å². The van der Waals surface area contributed by atoms with Gasteiger partial charge in [-0.2, -0.15) is 5.10 Å². The van der Waals surface area contributed by atoms with Crippen LogP contribution in [-0.4, -0.2) is 20.9 Å². The molecule has 0 fully saturated rings. The van der Waals surface area contributed by atoms with E-state index in [1.165, 1.54) is 23.1 Å². The number of carbonyl (C=O) groups is 1. The lowest BCUT2D eigenvalue weighted by Crippen LogP contribution is -2.22. The van der Waals surface area contributed by atoms with Crippen molar-refractivity contribution in [2.45, 2.75) is 6.54 Å². The number of furan rings is 1. The topological polar surface area (TPSA) is 85.3 Å². The summed E-state index contributed by atoms with van der Waals surface area (Å²) in [5.74, 6) is -0.983. The standard InChI is InChI=1S/C14H10N2O4/c17-13-12-11(5-6-20-12)7-15-16(13)8-9-1-3-10(4-2-9)14(18)19/h1-7H,8H2,(H,18,19). The van der Waals surface area contributed by atoms with Crippen molar-refractivity contribution in [3.05, 3.63) is 64.3 Å². The Bertz CT molecular complexity index is 830. The molecule has 0 radical (unpaired) electrons. The van der Waals surface area contributed by atoms with Gasteiger partial charge in [-0.25, -0.2) is 9.48 Å². The Hall–Kier alpha value is -2.89. The van der Waals surface area contributed by atoms with Crippen LogP contribution in [0.2, 0.25) is 0 Å². The van der Waals surface area contributed by atoms with Crippen molar-refractivity contribution in [3.8, 4) is 0 Å². The number of nitrogens with zero attached hydrogens (tertiary/aromatic N) is 2. The fourth-order valence-electron chi connectivity index (χ4n) is 1.93. The largest absolute Gasteiger partial charge is 0.478 e. The number of carboxylic acids is 1. The van der Waals surface area contributed by atoms with E-state index in [-0.39, 0.29) is 23.3 Å². The minimum Gasteiger partial charge on any atom is -0.478 e. The summed E-state index contributed by atoms with van der Waals surface area (Å²) in [6.45, 7) is 0.259. The number of fused-ring (bicyclic) bond motifs is 1. The van der Waals surface area contributed by atoms with E-state index in [9.17, 15) is 9.59 Å². The maximum atomic E-state index is 12.1. The molecule has 6 heteroatoms. The maximum absolute atomic E-state index is 12.1. The van der Waals surface area contributed by atoms with Crippen molar-refractivity contribution in [1.29, 1.82) is 0 Å². The minimum absolute atomic E-state index is 0.204. The summed E-state index contributed by atoms with van der Waals surface area (Å²) in [6.07, 6.45) is 3.01. The summed E-state index contributed by atoms with van der Waals surface area (Å²) < 4.78 is 6.41. The van der Waals surface area contributed by atoms with E-state index in [2.05, 4.69) is 5.10 Å². The molecular formula is C14H10N2O4. The van der Waals surface area contributed by atoms with Crippen LogP contribution in [0.4, 0.5) is 0 Å². The summed E-state index contributed by atoms with van der Waals surface area (Å²) >= 11 is 0. The van der Waals surface area contributed by atoms with Gasteiger partial charge in [0, 0.05) is 5.39 Å². The first-order valence-electron chi connectivity index (χ1n) is 5.91. The van der Waals surface area contributed by atoms with Gasteiger partial charge in [0.15, 0.2) is 0 Å². The molecule has 0 spiro atoms. The first-order chi connectivity index (χ1) is 9.65. The summed E-state index contributed by atoms with van der Waals surface area (Å²) in [6, 6.07) is 7.98. The Kier molecular flexibility index (Phi) is 2.83. The third-order valence-electron chi connectivity index (χ3n) is 2.99. The molecule has 3 rings (SSSR count). The van der Waals surface area contributed by atoms with Gasteiger partial charge < -0.3 is 9.52 Å². The molecule has 0 amide bonds. The van der Waals surface area contributed by atoms with Gasteiger partial charge in [-0.3, -0.25) is 4.79 Å². The van der Waals surface area contributed by atoms with Crippen LogP contribution in [0.15, 0.2) is 52.0 Å². The predicted molar refractivity (Wildman–Crippen MR) is 70.8 cm³/mol. The van der Waals surface area contributed by atoms with Crippen molar-refractivity contribution >= 4 is 16.9 Å². The van der Waals surface area contributed by atoms with E-state index in [0.717, 1.165) is 5.56 Å². The third-order valence-corrected chi connectivity index (χ3v) is 2.99. The lowest BCUT2D eigenvalue weighted by Gasteiger charge is -2.04. The number of aromatic carboxylic acids is 1. The zero-order valence-electron chi connectivity index (χ0n) is 10.3. The fraction of sp³-hybridized carbons (Fsp3) is 0.0714. The molecule has 6 nitrogen and oxygen atoms in total. The molecule has 0 saturated heterocycles. The van der Waals surface area contributed by atoms with Crippen LogP contribution in [0, 0.1) is 0 Å². The van der Waals surface area contributed by atoms with Crippen LogP contribution in [0.1, 0.15) is 15.9 Å². The molecule has 2 heterocycles. The van der Waals surface area contributed by atoms with E-state index >= 15 is 0 Å². The number of rotatable bonds is 3. The fourth-order valence-corrected chi connectivity index (χ4v) is 1.93. The van der Waals surface area contributed by atoms with E-state index in [4.69, 9.17) is 9.52 Å². The van der Waals surface area contributed by atoms with Crippen LogP contribution < -0.4 is 5.56 Å². The molecule has 1 aromatic carbocycles. The predicted octanol–water partition coefficient (Wildman–Crippen LogP) is 1.74. The average molecular weight is 270 g/mol. The van der Waals surface area contributed by atoms with Crippen molar-refractivity contribution in [2.24, 2.45) is 0 Å². The van der Waals surface area contributed by atoms with Crippen molar-refractivity contribution in [1.82, 2.24) is 9.78 Å². The van der Waals surface area contributed by atoms with Crippen molar-refractivity contribution < 1.29 is 14.3 Å². The third kappa shape index (κ3) is 2.07. The van der Waals surface area contributed by atoms with Crippen molar-refractivity contribution in [2.75, 3.05) is 0 Å². The van der Waals surface area contributed by atoms with E-state index in [0.29, 0.717) is 5.39 Å². The van der Waals surface area contributed by atoms with Crippen LogP contribution in [0.25, 0.3) is 11.0 Å². The number of hydrogen-bond acceptors (Lipinski definition) is 4. The second-order valence-corrected chi connectivity index (χ2v) is 4.31. The summed E-state index contributed by atoms with van der Waals surface area (Å²) in [5.41, 5.74) is 0.947. The minimum atomic E-state index is -0.983. The number of benzene rings is 1. The number of hydrogen-bond donors (Lipinski definition) is 1. The van der Waals surface area contributed by atoms with Crippen LogP contribution in [-0.2, 0) is 6.54 Å². The Morgan fingerprint density at radius 1 is 1.25 bits per heavy atom. The highest BCUT2D eigenvalue weighted by Crippen LogP contribution is 2.09. The summed E-state index contributed by atoms with van der Waals surface area (Å²) in [7, 11) is 0. The van der Waals surface area contributed by atoms with Crippen LogP contribution in [0.3, 0.4) is 0 Å². The summed E-state index contributed by atoms with van der Waals surface area (Å²) in [5, 5.41) is 13.5. The van der Waals surface area contributed by atoms with Gasteiger partial charge in [0.05, 0.1) is 24.6 Å². The molecule has 0 aliphatic heterocycles. The summed E-state index contributed by atoms with van der Waals surface area (Å²) in [4.78, 5) is 22.8. The zero-order valence-corrected chi connectivity index (χ0v) is 10.3. The van der Waals surface area contributed by atoms with E-state index in [1.54, 1.807) is 24.4 Å². The van der Waals surface area contributed by atoms with Crippen molar-refractivity contribution in [3.63, 3.8) is 0 Å². The molecule has 0 aliphatic carbocycles. The van der Waals surface area contributed by atoms with Gasteiger partial charge in [-0.1, -0.05) is 12.1 Å². The van der Waals surface area contributed by atoms with Gasteiger partial charge in [0.25, 0.3) is 0 Å². The number of carboxylic acid groups (broad SMARTS) is 1. The molecule has 20 heavy (non-hydrogen) atoms. The molecule has 0 bridgehead atoms. The Morgan fingerprint density at radius 3 is 2.70 bits per heavy atom. The second kappa shape index (κ2) is 4.65. The van der Waals surface area contributed by atoms with Gasteiger partial charge in [0.1, 0.15) is 0 Å². The molecule has 0 unspecified atom stereocenters. The molecule has 2 aromatic heterocycles. The average Bonchev–Trinajstić information content (AvgIpc) is 2.92. The molecular weight excluding hydrogens is 260 g/mol. The maximum Gasteiger partial charge on any atom is 0.335 e. The normalized spacial score (nSPS) is 10.8. The highest BCUT2D eigenvalue weighted by atomic mass is 16.4. The van der Waals surface area contributed by atoms with Crippen LogP contribution >= 0.6 is 0 Å². The lowest BCUT2D eigenvalue weighted by atomic mass is 10.1. The monoisotopic (exact) mass is 270 g/mol. The van der Waals surface area contributed by atoms with E-state index < -0.39 is 5.97 Å². The van der Waals surface area contributed by atoms with Crippen LogP contribution in [0.5, 0.6) is 0 Å². The highest BCUT2D eigenvalue weighted by molar-refractivity contribution is 5.87. The lowest BCUT2D eigenvalue weighted by molar-refractivity contribution is 0.0697. The molecule has 1 N–H and O–H groups in total. The van der Waals surface area contributed by atoms with Gasteiger partial charge in [-0.05, 0) is 23.8 Å². The quantitative estimate of drug-likeness (QED) is 0.783. The molecule has 0 atom stereocenters. The SMILES string of the molecule is O=C(O)c1ccc(Cn2ncc3ccoc3c2=O)cc1. The molecule has 3 aromatic rings. The molecule has 0 aliphatic rings. The molecule has 0 saturated carbocycles. The van der Waals surface area contributed by atoms with Gasteiger partial charge in [0.2, 0.25) is 5.58 Å². The second-order valence-electron chi connectivity index (χ2n) is 4.31. The Morgan fingerprint density at radius 2 is 2.00 bits per heavy atom.